The Morgan fingerprint density at radius 2 is 1.85 bits per heavy atom. The lowest BCUT2D eigenvalue weighted by Crippen LogP contribution is -2.23. The number of nitrogens with two attached hydrogens (primary N) is 1. The van der Waals surface area contributed by atoms with Crippen molar-refractivity contribution in [3.8, 4) is 11.5 Å². The minimum absolute atomic E-state index is 0.000494. The Morgan fingerprint density at radius 3 is 2.59 bits per heavy atom. The van der Waals surface area contributed by atoms with Gasteiger partial charge in [0.1, 0.15) is 0 Å². The summed E-state index contributed by atoms with van der Waals surface area (Å²) >= 11 is 3.05. The van der Waals surface area contributed by atoms with Gasteiger partial charge >= 0.3 is 6.18 Å². The van der Waals surface area contributed by atoms with Gasteiger partial charge in [-0.15, -0.1) is 0 Å². The van der Waals surface area contributed by atoms with E-state index in [2.05, 4.69) is 26.2 Å². The van der Waals surface area contributed by atoms with Crippen molar-refractivity contribution >= 4 is 27.6 Å². The van der Waals surface area contributed by atoms with E-state index in [-0.39, 0.29) is 18.1 Å². The molecule has 3 N–H and O–H groups in total. The number of hydrogen-bond donors (Lipinski definition) is 2. The summed E-state index contributed by atoms with van der Waals surface area (Å²) < 4.78 is 50.9. The topological polar surface area (TPSA) is 68.9 Å². The second-order valence-corrected chi connectivity index (χ2v) is 6.75. The van der Waals surface area contributed by atoms with Gasteiger partial charge in [-0.05, 0) is 29.8 Å². The highest BCUT2D eigenvalue weighted by atomic mass is 79.9. The van der Waals surface area contributed by atoms with Gasteiger partial charge in [-0.3, -0.25) is 0 Å². The maximum absolute atomic E-state index is 13.2. The quantitative estimate of drug-likeness (QED) is 0.538. The van der Waals surface area contributed by atoms with Crippen LogP contribution in [0.3, 0.4) is 0 Å². The maximum atomic E-state index is 13.2. The number of halogens is 4. The molecule has 0 aromatic heterocycles. The molecule has 0 saturated heterocycles. The van der Waals surface area contributed by atoms with Crippen molar-refractivity contribution in [2.45, 2.75) is 19.1 Å². The van der Waals surface area contributed by atoms with Crippen molar-refractivity contribution in [2.24, 2.45) is 10.7 Å². The third-order valence-electron chi connectivity index (χ3n) is 3.82. The second kappa shape index (κ2) is 8.08. The predicted octanol–water partition coefficient (Wildman–Crippen LogP) is 4.56. The van der Waals surface area contributed by atoms with Gasteiger partial charge in [0, 0.05) is 22.6 Å². The number of hydrogen-bond acceptors (Lipinski definition) is 3. The summed E-state index contributed by atoms with van der Waals surface area (Å²) in [5.74, 6) is 1.22. The predicted molar refractivity (Wildman–Crippen MR) is 100 cm³/mol. The van der Waals surface area contributed by atoms with Gasteiger partial charge in [0.25, 0.3) is 0 Å². The molecule has 0 radical (unpaired) electrons. The van der Waals surface area contributed by atoms with Crippen LogP contribution >= 0.6 is 15.9 Å². The van der Waals surface area contributed by atoms with Crippen molar-refractivity contribution in [2.75, 3.05) is 18.5 Å². The average Bonchev–Trinajstić information content (AvgIpc) is 2.85. The molecule has 0 spiro atoms. The van der Waals surface area contributed by atoms with Crippen LogP contribution < -0.4 is 20.5 Å². The van der Waals surface area contributed by atoms with Gasteiger partial charge in [-0.1, -0.05) is 22.0 Å². The van der Waals surface area contributed by atoms with Gasteiger partial charge < -0.3 is 20.5 Å². The lowest BCUT2D eigenvalue weighted by Gasteiger charge is -2.13. The number of aliphatic imine (C=N–C) groups is 1. The molecule has 27 heavy (non-hydrogen) atoms. The van der Waals surface area contributed by atoms with Gasteiger partial charge in [0.05, 0.1) is 25.3 Å². The zero-order valence-electron chi connectivity index (χ0n) is 14.1. The lowest BCUT2D eigenvalue weighted by molar-refractivity contribution is -0.138. The Bertz CT molecular complexity index is 856. The first-order valence-electron chi connectivity index (χ1n) is 8.15. The smallest absolute Gasteiger partial charge is 0.416 e. The van der Waals surface area contributed by atoms with E-state index in [1.165, 1.54) is 12.1 Å². The van der Waals surface area contributed by atoms with Crippen LogP contribution in [-0.4, -0.2) is 19.2 Å². The molecule has 0 atom stereocenters. The molecule has 0 fully saturated rings. The van der Waals surface area contributed by atoms with E-state index in [4.69, 9.17) is 15.2 Å². The van der Waals surface area contributed by atoms with Crippen LogP contribution in [0, 0.1) is 0 Å². The van der Waals surface area contributed by atoms with E-state index in [9.17, 15) is 13.2 Å². The van der Waals surface area contributed by atoms with Gasteiger partial charge in [0.15, 0.2) is 17.5 Å². The van der Waals surface area contributed by atoms with Crippen molar-refractivity contribution < 1.29 is 22.6 Å². The van der Waals surface area contributed by atoms with Crippen molar-refractivity contribution in [3.05, 3.63) is 52.0 Å². The van der Waals surface area contributed by atoms with E-state index >= 15 is 0 Å². The molecule has 3 rings (SSSR count). The lowest BCUT2D eigenvalue weighted by atomic mass is 10.1. The summed E-state index contributed by atoms with van der Waals surface area (Å²) in [4.78, 5) is 4.02. The molecular weight excluding hydrogens is 427 g/mol. The highest BCUT2D eigenvalue weighted by molar-refractivity contribution is 9.10. The molecule has 0 unspecified atom stereocenters. The van der Waals surface area contributed by atoms with E-state index in [1.807, 2.05) is 0 Å². The van der Waals surface area contributed by atoms with Crippen LogP contribution in [0.25, 0.3) is 0 Å². The Kier molecular flexibility index (Phi) is 5.79. The fourth-order valence-electron chi connectivity index (χ4n) is 2.55. The maximum Gasteiger partial charge on any atom is 0.416 e. The molecule has 144 valence electrons. The standard InChI is InChI=1S/C18H17BrF3N3O2/c19-12-3-2-11(14(8-12)18(20,21)22)10-24-17(23)25-13-4-5-15-16(9-13)27-7-1-6-26-15/h2-5,8-9H,1,6-7,10H2,(H3,23,24,25). The number of anilines is 1. The number of alkyl halides is 3. The minimum Gasteiger partial charge on any atom is -0.490 e. The van der Waals surface area contributed by atoms with E-state index in [0.717, 1.165) is 12.5 Å². The van der Waals surface area contributed by atoms with Crippen LogP contribution in [-0.2, 0) is 12.7 Å². The second-order valence-electron chi connectivity index (χ2n) is 5.84. The molecule has 1 aliphatic rings. The number of guanidine groups is 1. The van der Waals surface area contributed by atoms with Crippen molar-refractivity contribution in [3.63, 3.8) is 0 Å². The Morgan fingerprint density at radius 1 is 1.11 bits per heavy atom. The summed E-state index contributed by atoms with van der Waals surface area (Å²) in [6, 6.07) is 9.12. The summed E-state index contributed by atoms with van der Waals surface area (Å²) in [5, 5.41) is 2.85. The number of nitrogens with zero attached hydrogens (tertiary/aromatic N) is 1. The molecule has 0 saturated carbocycles. The van der Waals surface area contributed by atoms with Crippen molar-refractivity contribution in [1.82, 2.24) is 0 Å². The number of fused-ring (bicyclic) bond motifs is 1. The largest absolute Gasteiger partial charge is 0.490 e. The fourth-order valence-corrected chi connectivity index (χ4v) is 2.91. The first kappa shape index (κ1) is 19.3. The third-order valence-corrected chi connectivity index (χ3v) is 4.31. The number of rotatable bonds is 3. The number of nitrogens with one attached hydrogen (secondary N) is 1. The number of ether oxygens (including phenoxy) is 2. The normalized spacial score (nSPS) is 14.6. The van der Waals surface area contributed by atoms with E-state index in [0.29, 0.717) is 34.9 Å². The van der Waals surface area contributed by atoms with Crippen LogP contribution in [0.15, 0.2) is 45.9 Å². The summed E-state index contributed by atoms with van der Waals surface area (Å²) in [6.45, 7) is 0.924. The molecule has 5 nitrogen and oxygen atoms in total. The van der Waals surface area contributed by atoms with E-state index < -0.39 is 11.7 Å². The van der Waals surface area contributed by atoms with Gasteiger partial charge in [-0.2, -0.15) is 13.2 Å². The SMILES string of the molecule is NC(=NCc1ccc(Br)cc1C(F)(F)F)Nc1ccc2c(c1)OCCCO2. The molecule has 2 aromatic carbocycles. The van der Waals surface area contributed by atoms with Crippen molar-refractivity contribution in [1.29, 1.82) is 0 Å². The summed E-state index contributed by atoms with van der Waals surface area (Å²) in [7, 11) is 0. The first-order valence-corrected chi connectivity index (χ1v) is 8.94. The van der Waals surface area contributed by atoms with Gasteiger partial charge in [-0.25, -0.2) is 4.99 Å². The van der Waals surface area contributed by atoms with Crippen LogP contribution in [0.4, 0.5) is 18.9 Å². The molecule has 2 aromatic rings. The first-order chi connectivity index (χ1) is 12.8. The van der Waals surface area contributed by atoms with Crippen LogP contribution in [0.5, 0.6) is 11.5 Å². The number of benzene rings is 2. The third kappa shape index (κ3) is 5.06. The molecule has 0 bridgehead atoms. The molecule has 0 amide bonds. The highest BCUT2D eigenvalue weighted by Crippen LogP contribution is 2.34. The zero-order chi connectivity index (χ0) is 19.4. The monoisotopic (exact) mass is 443 g/mol. The molecule has 1 heterocycles. The Labute approximate surface area is 162 Å². The van der Waals surface area contributed by atoms with Gasteiger partial charge in [0.2, 0.25) is 0 Å². The molecular formula is C18H17BrF3N3O2. The minimum atomic E-state index is -4.47. The summed E-state index contributed by atoms with van der Waals surface area (Å²) in [6.07, 6.45) is -3.68. The average molecular weight is 444 g/mol. The molecule has 1 aliphatic heterocycles. The van der Waals surface area contributed by atoms with Crippen LogP contribution in [0.2, 0.25) is 0 Å². The fraction of sp³-hybridized carbons (Fsp3) is 0.278. The van der Waals surface area contributed by atoms with Crippen LogP contribution in [0.1, 0.15) is 17.5 Å². The summed E-state index contributed by atoms with van der Waals surface area (Å²) in [5.41, 5.74) is 5.72. The Balaban J connectivity index is 1.73. The Hall–Kier alpha value is -2.42. The zero-order valence-corrected chi connectivity index (χ0v) is 15.7. The van der Waals surface area contributed by atoms with E-state index in [1.54, 1.807) is 18.2 Å². The highest BCUT2D eigenvalue weighted by Gasteiger charge is 2.33. The molecule has 9 heteroatoms. The molecule has 0 aliphatic carbocycles.